The van der Waals surface area contributed by atoms with Crippen molar-refractivity contribution >= 4 is 52.2 Å². The lowest BCUT2D eigenvalue weighted by Crippen LogP contribution is -2.47. The fourth-order valence-corrected chi connectivity index (χ4v) is 4.37. The van der Waals surface area contributed by atoms with Gasteiger partial charge in [0.1, 0.15) is 6.54 Å². The van der Waals surface area contributed by atoms with E-state index in [4.69, 9.17) is 23.2 Å². The molecule has 2 aromatic carbocycles. The van der Waals surface area contributed by atoms with E-state index in [1.165, 1.54) is 4.90 Å². The number of anilines is 1. The van der Waals surface area contributed by atoms with Crippen LogP contribution < -0.4 is 5.32 Å². The van der Waals surface area contributed by atoms with E-state index in [9.17, 15) is 9.59 Å². The summed E-state index contributed by atoms with van der Waals surface area (Å²) in [6.45, 7) is 4.60. The maximum Gasteiger partial charge on any atom is 0.322 e. The molecule has 1 aromatic heterocycles. The lowest BCUT2D eigenvalue weighted by Gasteiger charge is -2.30. The van der Waals surface area contributed by atoms with Crippen LogP contribution in [0.25, 0.3) is 0 Å². The van der Waals surface area contributed by atoms with Crippen LogP contribution in [0.5, 0.6) is 0 Å². The molecule has 0 fully saturated rings. The number of amides is 3. The van der Waals surface area contributed by atoms with E-state index in [0.717, 1.165) is 10.4 Å². The molecular weight excluding hydrogens is 465 g/mol. The summed E-state index contributed by atoms with van der Waals surface area (Å²) in [5, 5.41) is 5.42. The number of para-hydroxylation sites is 1. The van der Waals surface area contributed by atoms with Crippen molar-refractivity contribution in [1.29, 1.82) is 0 Å². The van der Waals surface area contributed by atoms with E-state index < -0.39 is 6.03 Å². The van der Waals surface area contributed by atoms with E-state index in [0.29, 0.717) is 28.8 Å². The Kier molecular flexibility index (Phi) is 8.56. The highest BCUT2D eigenvalue weighted by Crippen LogP contribution is 2.30. The average molecular weight is 490 g/mol. The summed E-state index contributed by atoms with van der Waals surface area (Å²) >= 11 is 14.0. The largest absolute Gasteiger partial charge is 0.332 e. The fourth-order valence-electron chi connectivity index (χ4n) is 3.16. The van der Waals surface area contributed by atoms with Crippen molar-refractivity contribution < 1.29 is 9.59 Å². The molecule has 168 valence electrons. The molecular formula is C24H25Cl2N3O2S. The SMILES string of the molecule is CC(C)N(CC(=O)N(Cc1ccccc1)Cc1cccs1)C(=O)Nc1c(Cl)cccc1Cl. The fraction of sp³-hybridized carbons (Fsp3) is 0.250. The first-order chi connectivity index (χ1) is 15.3. The van der Waals surface area contributed by atoms with Crippen molar-refractivity contribution in [2.24, 2.45) is 0 Å². The summed E-state index contributed by atoms with van der Waals surface area (Å²) in [7, 11) is 0. The molecule has 0 bridgehead atoms. The van der Waals surface area contributed by atoms with Gasteiger partial charge in [-0.1, -0.05) is 65.7 Å². The van der Waals surface area contributed by atoms with Crippen LogP contribution in [-0.2, 0) is 17.9 Å². The van der Waals surface area contributed by atoms with Crippen molar-refractivity contribution in [2.45, 2.75) is 33.0 Å². The van der Waals surface area contributed by atoms with Crippen LogP contribution >= 0.6 is 34.5 Å². The van der Waals surface area contributed by atoms with E-state index in [1.54, 1.807) is 34.4 Å². The minimum Gasteiger partial charge on any atom is -0.332 e. The number of nitrogens with one attached hydrogen (secondary N) is 1. The third kappa shape index (κ3) is 6.48. The number of hydrogen-bond acceptors (Lipinski definition) is 3. The van der Waals surface area contributed by atoms with Gasteiger partial charge >= 0.3 is 6.03 Å². The van der Waals surface area contributed by atoms with E-state index in [-0.39, 0.29) is 18.5 Å². The Morgan fingerprint density at radius 2 is 1.62 bits per heavy atom. The van der Waals surface area contributed by atoms with E-state index in [1.807, 2.05) is 61.7 Å². The molecule has 0 unspecified atom stereocenters. The molecule has 0 saturated carbocycles. The first-order valence-electron chi connectivity index (χ1n) is 10.2. The number of nitrogens with zero attached hydrogens (tertiary/aromatic N) is 2. The topological polar surface area (TPSA) is 52.7 Å². The van der Waals surface area contributed by atoms with Gasteiger partial charge in [-0.2, -0.15) is 0 Å². The number of urea groups is 1. The van der Waals surface area contributed by atoms with Crippen molar-refractivity contribution in [2.75, 3.05) is 11.9 Å². The van der Waals surface area contributed by atoms with Gasteiger partial charge < -0.3 is 15.1 Å². The number of thiophene rings is 1. The van der Waals surface area contributed by atoms with E-state index in [2.05, 4.69) is 5.32 Å². The minimum atomic E-state index is -0.431. The molecule has 0 spiro atoms. The Bertz CT molecular complexity index is 1020. The van der Waals surface area contributed by atoms with Crippen LogP contribution in [0, 0.1) is 0 Å². The van der Waals surface area contributed by atoms with Crippen molar-refractivity contribution in [3.05, 3.63) is 86.5 Å². The molecule has 0 saturated heterocycles. The third-order valence-electron chi connectivity index (χ3n) is 4.88. The lowest BCUT2D eigenvalue weighted by atomic mass is 10.2. The first-order valence-corrected chi connectivity index (χ1v) is 11.8. The molecule has 0 aliphatic heterocycles. The van der Waals surface area contributed by atoms with Crippen molar-refractivity contribution in [3.8, 4) is 0 Å². The van der Waals surface area contributed by atoms with Gasteiger partial charge in [-0.3, -0.25) is 4.79 Å². The molecule has 0 aliphatic carbocycles. The first kappa shape index (κ1) is 24.1. The Labute approximate surface area is 202 Å². The number of hydrogen-bond donors (Lipinski definition) is 1. The average Bonchev–Trinajstić information content (AvgIpc) is 3.27. The summed E-state index contributed by atoms with van der Waals surface area (Å²) in [6.07, 6.45) is 0. The quantitative estimate of drug-likeness (QED) is 0.391. The molecule has 8 heteroatoms. The summed E-state index contributed by atoms with van der Waals surface area (Å²) in [4.78, 5) is 30.7. The van der Waals surface area contributed by atoms with Gasteiger partial charge in [-0.15, -0.1) is 11.3 Å². The predicted octanol–water partition coefficient (Wildman–Crippen LogP) is 6.53. The van der Waals surface area contributed by atoms with Gasteiger partial charge in [0.2, 0.25) is 5.91 Å². The third-order valence-corrected chi connectivity index (χ3v) is 6.37. The monoisotopic (exact) mass is 489 g/mol. The summed E-state index contributed by atoms with van der Waals surface area (Å²) < 4.78 is 0. The van der Waals surface area contributed by atoms with E-state index >= 15 is 0 Å². The summed E-state index contributed by atoms with van der Waals surface area (Å²) in [6, 6.07) is 18.1. The maximum absolute atomic E-state index is 13.3. The van der Waals surface area contributed by atoms with Gasteiger partial charge in [-0.25, -0.2) is 4.79 Å². The number of rotatable bonds is 8. The molecule has 5 nitrogen and oxygen atoms in total. The molecule has 0 aliphatic rings. The highest BCUT2D eigenvalue weighted by Gasteiger charge is 2.25. The van der Waals surface area contributed by atoms with Crippen molar-refractivity contribution in [3.63, 3.8) is 0 Å². The van der Waals surface area contributed by atoms with Gasteiger partial charge in [-0.05, 0) is 43.0 Å². The zero-order chi connectivity index (χ0) is 23.1. The van der Waals surface area contributed by atoms with Crippen molar-refractivity contribution in [1.82, 2.24) is 9.80 Å². The Morgan fingerprint density at radius 1 is 0.938 bits per heavy atom. The normalized spacial score (nSPS) is 10.8. The number of benzene rings is 2. The van der Waals surface area contributed by atoms with Crippen LogP contribution in [0.4, 0.5) is 10.5 Å². The van der Waals surface area contributed by atoms with Crippen LogP contribution in [0.3, 0.4) is 0 Å². The van der Waals surface area contributed by atoms with Gasteiger partial charge in [0, 0.05) is 17.5 Å². The predicted molar refractivity (Wildman–Crippen MR) is 132 cm³/mol. The van der Waals surface area contributed by atoms with Crippen LogP contribution in [0.1, 0.15) is 24.3 Å². The summed E-state index contributed by atoms with van der Waals surface area (Å²) in [5.41, 5.74) is 1.36. The Hall–Kier alpha value is -2.54. The zero-order valence-corrected chi connectivity index (χ0v) is 20.3. The molecule has 3 rings (SSSR count). The maximum atomic E-state index is 13.3. The van der Waals surface area contributed by atoms with Crippen LogP contribution in [0.2, 0.25) is 10.0 Å². The Balaban J connectivity index is 1.77. The Morgan fingerprint density at radius 3 is 2.22 bits per heavy atom. The second kappa shape index (κ2) is 11.4. The molecule has 3 aromatic rings. The highest BCUT2D eigenvalue weighted by molar-refractivity contribution is 7.09. The smallest absolute Gasteiger partial charge is 0.322 e. The number of carbonyl (C=O) groups excluding carboxylic acids is 2. The van der Waals surface area contributed by atoms with Gasteiger partial charge in [0.05, 0.1) is 22.3 Å². The molecule has 1 N–H and O–H groups in total. The number of halogens is 2. The van der Waals surface area contributed by atoms with Crippen LogP contribution in [0.15, 0.2) is 66.0 Å². The second-order valence-electron chi connectivity index (χ2n) is 7.56. The van der Waals surface area contributed by atoms with Crippen LogP contribution in [-0.4, -0.2) is 34.3 Å². The highest BCUT2D eigenvalue weighted by atomic mass is 35.5. The molecule has 3 amide bonds. The molecule has 1 heterocycles. The van der Waals surface area contributed by atoms with Gasteiger partial charge in [0.15, 0.2) is 0 Å². The minimum absolute atomic E-state index is 0.0657. The molecule has 0 radical (unpaired) electrons. The summed E-state index contributed by atoms with van der Waals surface area (Å²) in [5.74, 6) is -0.142. The molecule has 0 atom stereocenters. The standard InChI is InChI=1S/C24H25Cl2N3O2S/c1-17(2)29(24(31)27-23-20(25)11-6-12-21(23)26)16-22(30)28(15-19-10-7-13-32-19)14-18-8-4-3-5-9-18/h3-13,17H,14-16H2,1-2H3,(H,27,31). The molecule has 32 heavy (non-hydrogen) atoms. The number of carbonyl (C=O) groups is 2. The second-order valence-corrected chi connectivity index (χ2v) is 9.41. The van der Waals surface area contributed by atoms with Gasteiger partial charge in [0.25, 0.3) is 0 Å². The lowest BCUT2D eigenvalue weighted by molar-refractivity contribution is -0.133. The zero-order valence-electron chi connectivity index (χ0n) is 17.9.